The molecule has 0 spiro atoms. The number of anilines is 1. The first-order chi connectivity index (χ1) is 10.5. The lowest BCUT2D eigenvalue weighted by atomic mass is 10.1. The summed E-state index contributed by atoms with van der Waals surface area (Å²) in [4.78, 5) is 15.0. The van der Waals surface area contributed by atoms with Gasteiger partial charge in [0, 0.05) is 12.1 Å². The zero-order valence-corrected chi connectivity index (χ0v) is 13.5. The van der Waals surface area contributed by atoms with Crippen molar-refractivity contribution in [1.29, 1.82) is 0 Å². The second-order valence-corrected chi connectivity index (χ2v) is 5.61. The first-order valence-corrected chi connectivity index (χ1v) is 7.48. The second kappa shape index (κ2) is 7.07. The van der Waals surface area contributed by atoms with Crippen LogP contribution in [0.3, 0.4) is 0 Å². The highest BCUT2D eigenvalue weighted by molar-refractivity contribution is 5.76. The number of fused-ring (bicyclic) bond motifs is 1. The fraction of sp³-hybridized carbons (Fsp3) is 0.333. The lowest BCUT2D eigenvalue weighted by Crippen LogP contribution is -2.03. The SMILES string of the molecule is C/C=C(C)\C(=C/C(C)C)Nc1nc2ccc(CC=O)cc2o1. The summed E-state index contributed by atoms with van der Waals surface area (Å²) in [6, 6.07) is 6.09. The lowest BCUT2D eigenvalue weighted by Gasteiger charge is -2.09. The third-order valence-corrected chi connectivity index (χ3v) is 3.37. The number of hydrogen-bond acceptors (Lipinski definition) is 4. The molecule has 1 N–H and O–H groups in total. The first-order valence-electron chi connectivity index (χ1n) is 7.48. The molecule has 0 radical (unpaired) electrons. The molecule has 0 aliphatic rings. The average molecular weight is 298 g/mol. The van der Waals surface area contributed by atoms with Crippen LogP contribution in [0, 0.1) is 5.92 Å². The van der Waals surface area contributed by atoms with E-state index in [9.17, 15) is 4.79 Å². The van der Waals surface area contributed by atoms with Crippen molar-refractivity contribution in [3.05, 3.63) is 47.2 Å². The molecule has 2 rings (SSSR count). The number of benzene rings is 1. The van der Waals surface area contributed by atoms with Crippen molar-refractivity contribution < 1.29 is 9.21 Å². The van der Waals surface area contributed by atoms with E-state index in [0.29, 0.717) is 23.9 Å². The van der Waals surface area contributed by atoms with Crippen LogP contribution in [0.15, 0.2) is 46.0 Å². The molecule has 4 nitrogen and oxygen atoms in total. The summed E-state index contributed by atoms with van der Waals surface area (Å²) in [5, 5.41) is 3.25. The maximum absolute atomic E-state index is 10.6. The number of rotatable bonds is 6. The maximum Gasteiger partial charge on any atom is 0.300 e. The van der Waals surface area contributed by atoms with E-state index in [1.165, 1.54) is 0 Å². The summed E-state index contributed by atoms with van der Waals surface area (Å²) in [6.07, 6.45) is 5.46. The van der Waals surface area contributed by atoms with Crippen LogP contribution in [0.4, 0.5) is 6.01 Å². The van der Waals surface area contributed by atoms with Gasteiger partial charge in [-0.15, -0.1) is 0 Å². The van der Waals surface area contributed by atoms with E-state index in [-0.39, 0.29) is 0 Å². The molecule has 4 heteroatoms. The summed E-state index contributed by atoms with van der Waals surface area (Å²) >= 11 is 0. The third-order valence-electron chi connectivity index (χ3n) is 3.37. The van der Waals surface area contributed by atoms with Crippen LogP contribution < -0.4 is 5.32 Å². The van der Waals surface area contributed by atoms with Crippen molar-refractivity contribution in [2.75, 3.05) is 5.32 Å². The van der Waals surface area contributed by atoms with Gasteiger partial charge in [0.05, 0.1) is 0 Å². The van der Waals surface area contributed by atoms with Gasteiger partial charge in [0.25, 0.3) is 6.01 Å². The Labute approximate surface area is 130 Å². The molecule has 2 aromatic rings. The number of oxazole rings is 1. The largest absolute Gasteiger partial charge is 0.423 e. The van der Waals surface area contributed by atoms with Crippen LogP contribution in [0.25, 0.3) is 11.1 Å². The molecule has 1 aromatic heterocycles. The Morgan fingerprint density at radius 1 is 1.41 bits per heavy atom. The minimum atomic E-state index is 0.385. The molecular weight excluding hydrogens is 276 g/mol. The van der Waals surface area contributed by atoms with Gasteiger partial charge in [0.15, 0.2) is 5.58 Å². The second-order valence-electron chi connectivity index (χ2n) is 5.61. The Morgan fingerprint density at radius 3 is 2.82 bits per heavy atom. The van der Waals surface area contributed by atoms with Gasteiger partial charge in [-0.2, -0.15) is 4.98 Å². The van der Waals surface area contributed by atoms with Crippen LogP contribution in [0.1, 0.15) is 33.3 Å². The van der Waals surface area contributed by atoms with Crippen molar-refractivity contribution >= 4 is 23.4 Å². The van der Waals surface area contributed by atoms with Crippen LogP contribution >= 0.6 is 0 Å². The molecule has 22 heavy (non-hydrogen) atoms. The summed E-state index contributed by atoms with van der Waals surface area (Å²) in [5.41, 5.74) is 4.52. The maximum atomic E-state index is 10.6. The normalized spacial score (nSPS) is 13.0. The molecule has 0 amide bonds. The molecule has 0 bridgehead atoms. The average Bonchev–Trinajstić information content (AvgIpc) is 2.87. The van der Waals surface area contributed by atoms with Crippen LogP contribution in [-0.2, 0) is 11.2 Å². The van der Waals surface area contributed by atoms with E-state index in [2.05, 4.69) is 30.2 Å². The molecule has 0 unspecified atom stereocenters. The van der Waals surface area contributed by atoms with Gasteiger partial charge in [-0.25, -0.2) is 0 Å². The number of carbonyl (C=O) groups is 1. The molecule has 0 fully saturated rings. The van der Waals surface area contributed by atoms with Crippen LogP contribution in [0.2, 0.25) is 0 Å². The zero-order chi connectivity index (χ0) is 16.1. The van der Waals surface area contributed by atoms with Crippen LogP contribution in [-0.4, -0.2) is 11.3 Å². The summed E-state index contributed by atoms with van der Waals surface area (Å²) in [5.74, 6) is 0.418. The van der Waals surface area contributed by atoms with E-state index < -0.39 is 0 Å². The number of nitrogens with one attached hydrogen (secondary N) is 1. The number of carbonyl (C=O) groups excluding carboxylic acids is 1. The fourth-order valence-electron chi connectivity index (χ4n) is 2.12. The summed E-state index contributed by atoms with van der Waals surface area (Å²) < 4.78 is 5.76. The van der Waals surface area contributed by atoms with E-state index in [1.54, 1.807) is 0 Å². The van der Waals surface area contributed by atoms with Gasteiger partial charge in [0.2, 0.25) is 0 Å². The molecule has 0 aliphatic heterocycles. The number of aromatic nitrogens is 1. The predicted octanol–water partition coefficient (Wildman–Crippen LogP) is 4.49. The van der Waals surface area contributed by atoms with E-state index >= 15 is 0 Å². The minimum absolute atomic E-state index is 0.385. The zero-order valence-electron chi connectivity index (χ0n) is 13.5. The number of hydrogen-bond donors (Lipinski definition) is 1. The smallest absolute Gasteiger partial charge is 0.300 e. The van der Waals surface area contributed by atoms with Gasteiger partial charge in [-0.3, -0.25) is 0 Å². The molecule has 0 saturated carbocycles. The Bertz CT molecular complexity index is 724. The standard InChI is InChI=1S/C18H22N2O2/c1-5-13(4)16(10-12(2)3)20-18-19-15-7-6-14(8-9-21)11-17(15)22-18/h5-7,9-12H,8H2,1-4H3,(H,19,20)/b13-5-,16-10+. The molecule has 0 aliphatic carbocycles. The van der Waals surface area contributed by atoms with Gasteiger partial charge in [-0.1, -0.05) is 32.1 Å². The highest BCUT2D eigenvalue weighted by atomic mass is 16.4. The Kier molecular flexibility index (Phi) is 5.15. The number of aldehydes is 1. The third kappa shape index (κ3) is 3.85. The Morgan fingerprint density at radius 2 is 2.18 bits per heavy atom. The van der Waals surface area contributed by atoms with E-state index in [1.807, 2.05) is 38.1 Å². The molecule has 0 atom stereocenters. The van der Waals surface area contributed by atoms with E-state index in [4.69, 9.17) is 4.42 Å². The van der Waals surface area contributed by atoms with Crippen molar-refractivity contribution in [2.45, 2.75) is 34.1 Å². The monoisotopic (exact) mass is 298 g/mol. The lowest BCUT2D eigenvalue weighted by molar-refractivity contribution is -0.107. The predicted molar refractivity (Wildman–Crippen MR) is 89.8 cm³/mol. The van der Waals surface area contributed by atoms with Gasteiger partial charge in [0.1, 0.15) is 11.8 Å². The minimum Gasteiger partial charge on any atom is -0.423 e. The van der Waals surface area contributed by atoms with E-state index in [0.717, 1.165) is 28.6 Å². The fourth-order valence-corrected chi connectivity index (χ4v) is 2.12. The summed E-state index contributed by atoms with van der Waals surface area (Å²) in [6.45, 7) is 8.31. The molecular formula is C18H22N2O2. The van der Waals surface area contributed by atoms with Gasteiger partial charge in [-0.05, 0) is 43.0 Å². The Balaban J connectivity index is 2.32. The first kappa shape index (κ1) is 16.0. The molecule has 1 heterocycles. The van der Waals surface area contributed by atoms with Crippen molar-refractivity contribution in [2.24, 2.45) is 5.92 Å². The molecule has 1 aromatic carbocycles. The van der Waals surface area contributed by atoms with Crippen molar-refractivity contribution in [3.8, 4) is 0 Å². The highest BCUT2D eigenvalue weighted by Crippen LogP contribution is 2.23. The topological polar surface area (TPSA) is 55.1 Å². The van der Waals surface area contributed by atoms with Crippen molar-refractivity contribution in [3.63, 3.8) is 0 Å². The summed E-state index contributed by atoms with van der Waals surface area (Å²) in [7, 11) is 0. The van der Waals surface area contributed by atoms with Crippen molar-refractivity contribution in [1.82, 2.24) is 4.98 Å². The number of allylic oxidation sites excluding steroid dienone is 3. The van der Waals surface area contributed by atoms with Crippen LogP contribution in [0.5, 0.6) is 0 Å². The Hall–Kier alpha value is -2.36. The molecule has 116 valence electrons. The quantitative estimate of drug-likeness (QED) is 0.630. The molecule has 0 saturated heterocycles. The number of nitrogens with zero attached hydrogens (tertiary/aromatic N) is 1. The highest BCUT2D eigenvalue weighted by Gasteiger charge is 2.09. The van der Waals surface area contributed by atoms with Gasteiger partial charge < -0.3 is 14.5 Å². The van der Waals surface area contributed by atoms with Gasteiger partial charge >= 0.3 is 0 Å².